The molecule has 0 aliphatic carbocycles. The first-order valence-corrected chi connectivity index (χ1v) is 6.04. The molecule has 0 aromatic carbocycles. The number of halogens is 1. The van der Waals surface area contributed by atoms with Gasteiger partial charge in [0, 0.05) is 36.8 Å². The minimum atomic E-state index is 0. The van der Waals surface area contributed by atoms with Crippen molar-refractivity contribution in [3.63, 3.8) is 0 Å². The van der Waals surface area contributed by atoms with Gasteiger partial charge in [0.05, 0.1) is 12.5 Å². The Bertz CT molecular complexity index is 212. The summed E-state index contributed by atoms with van der Waals surface area (Å²) in [4.78, 5) is 3.63. The molecule has 0 aromatic rings. The molecule has 1 N–H and O–H groups in total. The Hall–Kier alpha value is 0.290. The number of aliphatic hydroxyl groups is 1. The summed E-state index contributed by atoms with van der Waals surface area (Å²) in [6, 6.07) is 0. The molecule has 90 valence electrons. The van der Waals surface area contributed by atoms with Gasteiger partial charge in [-0.1, -0.05) is 0 Å². The van der Waals surface area contributed by atoms with Crippen molar-refractivity contribution in [3.8, 4) is 0 Å². The quantitative estimate of drug-likeness (QED) is 0.762. The Morgan fingerprint density at radius 2 is 2.27 bits per heavy atom. The maximum absolute atomic E-state index is 8.85. The van der Waals surface area contributed by atoms with Crippen molar-refractivity contribution < 1.29 is 9.84 Å². The van der Waals surface area contributed by atoms with Crippen molar-refractivity contribution in [2.24, 2.45) is 0 Å². The van der Waals surface area contributed by atoms with E-state index in [2.05, 4.69) is 11.8 Å². The second-order valence-electron chi connectivity index (χ2n) is 3.22. The van der Waals surface area contributed by atoms with Crippen LogP contribution in [0.25, 0.3) is 0 Å². The molecular weight excluding hydrogens is 278 g/mol. The fraction of sp³-hybridized carbons (Fsp3) is 0.800. The van der Waals surface area contributed by atoms with E-state index in [0.29, 0.717) is 0 Å². The Morgan fingerprint density at radius 1 is 1.53 bits per heavy atom. The van der Waals surface area contributed by atoms with E-state index in [9.17, 15) is 0 Å². The molecule has 0 atom stereocenters. The van der Waals surface area contributed by atoms with E-state index < -0.39 is 0 Å². The average Bonchev–Trinajstić information content (AvgIpc) is 2.51. The predicted molar refractivity (Wildman–Crippen MR) is 70.4 cm³/mol. The number of hydrogen-bond acceptors (Lipinski definition) is 4. The van der Waals surface area contributed by atoms with E-state index in [0.717, 1.165) is 32.1 Å². The second-order valence-corrected chi connectivity index (χ2v) is 4.26. The van der Waals surface area contributed by atoms with E-state index in [1.165, 1.54) is 10.6 Å². The van der Waals surface area contributed by atoms with Crippen LogP contribution < -0.4 is 0 Å². The zero-order valence-electron chi connectivity index (χ0n) is 9.36. The lowest BCUT2D eigenvalue weighted by molar-refractivity contribution is 0.130. The highest BCUT2D eigenvalue weighted by Gasteiger charge is 2.18. The summed E-state index contributed by atoms with van der Waals surface area (Å²) in [5.41, 5.74) is 1.31. The molecule has 0 amide bonds. The van der Waals surface area contributed by atoms with Gasteiger partial charge in [0.2, 0.25) is 0 Å². The van der Waals surface area contributed by atoms with Gasteiger partial charge >= 0.3 is 0 Å². The van der Waals surface area contributed by atoms with Gasteiger partial charge in [0.1, 0.15) is 0 Å². The maximum Gasteiger partial charge on any atom is 0.0681 e. The van der Waals surface area contributed by atoms with Gasteiger partial charge in [-0.05, 0) is 13.8 Å². The van der Waals surface area contributed by atoms with E-state index in [1.807, 2.05) is 18.7 Å². The Morgan fingerprint density at radius 3 is 2.87 bits per heavy atom. The molecular formula is C10H20BrNO2S. The second kappa shape index (κ2) is 8.44. The lowest BCUT2D eigenvalue weighted by atomic mass is 10.3. The van der Waals surface area contributed by atoms with Gasteiger partial charge in [-0.15, -0.1) is 28.7 Å². The zero-order chi connectivity index (χ0) is 10.4. The van der Waals surface area contributed by atoms with Crippen LogP contribution in [0.5, 0.6) is 0 Å². The number of thioether (sulfide) groups is 1. The smallest absolute Gasteiger partial charge is 0.0681 e. The van der Waals surface area contributed by atoms with E-state index in [-0.39, 0.29) is 23.6 Å². The summed E-state index contributed by atoms with van der Waals surface area (Å²) < 4.78 is 5.32. The normalized spacial score (nSPS) is 15.8. The van der Waals surface area contributed by atoms with Crippen LogP contribution in [0.1, 0.15) is 20.3 Å². The first kappa shape index (κ1) is 15.3. The molecule has 0 aromatic heterocycles. The minimum Gasteiger partial charge on any atom is -0.396 e. The standard InChI is InChI=1S/C10H19NO2S.BrH/c1-3-13-7-5-11-8-14-10(4-6-12)9(11)2;/h12H,3-8H2,1-2H3;1H. The molecule has 0 bridgehead atoms. The number of allylic oxidation sites excluding steroid dienone is 1. The van der Waals surface area contributed by atoms with Gasteiger partial charge in [-0.25, -0.2) is 0 Å². The monoisotopic (exact) mass is 297 g/mol. The van der Waals surface area contributed by atoms with Crippen molar-refractivity contribution in [2.45, 2.75) is 20.3 Å². The third-order valence-corrected chi connectivity index (χ3v) is 3.61. The van der Waals surface area contributed by atoms with E-state index in [1.54, 1.807) is 0 Å². The third kappa shape index (κ3) is 4.76. The number of aliphatic hydroxyl groups excluding tert-OH is 1. The molecule has 3 nitrogen and oxygen atoms in total. The summed E-state index contributed by atoms with van der Waals surface area (Å²) in [7, 11) is 0. The number of ether oxygens (including phenoxy) is 1. The number of rotatable bonds is 6. The predicted octanol–water partition coefficient (Wildman–Crippen LogP) is 2.22. The highest BCUT2D eigenvalue weighted by molar-refractivity contribution is 8.93. The van der Waals surface area contributed by atoms with Gasteiger partial charge < -0.3 is 14.7 Å². The molecule has 1 aliphatic heterocycles. The lowest BCUT2D eigenvalue weighted by Gasteiger charge is -2.18. The van der Waals surface area contributed by atoms with Crippen LogP contribution >= 0.6 is 28.7 Å². The first-order chi connectivity index (χ1) is 6.79. The molecule has 5 heteroatoms. The first-order valence-electron chi connectivity index (χ1n) is 5.05. The summed E-state index contributed by atoms with van der Waals surface area (Å²) in [6.07, 6.45) is 0.793. The Kier molecular flexibility index (Phi) is 8.61. The van der Waals surface area contributed by atoms with Crippen molar-refractivity contribution in [1.82, 2.24) is 4.90 Å². The van der Waals surface area contributed by atoms with Crippen molar-refractivity contribution in [1.29, 1.82) is 0 Å². The molecule has 0 saturated carbocycles. The van der Waals surface area contributed by atoms with Crippen LogP contribution in [-0.4, -0.2) is 42.2 Å². The minimum absolute atomic E-state index is 0. The summed E-state index contributed by atoms with van der Waals surface area (Å²) in [5, 5.41) is 8.85. The highest BCUT2D eigenvalue weighted by atomic mass is 79.9. The molecule has 15 heavy (non-hydrogen) atoms. The van der Waals surface area contributed by atoms with Crippen molar-refractivity contribution in [3.05, 3.63) is 10.6 Å². The van der Waals surface area contributed by atoms with Crippen LogP contribution in [0.15, 0.2) is 10.6 Å². The number of nitrogens with zero attached hydrogens (tertiary/aromatic N) is 1. The topological polar surface area (TPSA) is 32.7 Å². The summed E-state index contributed by atoms with van der Waals surface area (Å²) in [5.74, 6) is 1.01. The molecule has 0 radical (unpaired) electrons. The van der Waals surface area contributed by atoms with E-state index in [4.69, 9.17) is 9.84 Å². The van der Waals surface area contributed by atoms with Crippen LogP contribution in [0.2, 0.25) is 0 Å². The fourth-order valence-corrected chi connectivity index (χ4v) is 2.65. The molecule has 0 saturated heterocycles. The zero-order valence-corrected chi connectivity index (χ0v) is 11.9. The van der Waals surface area contributed by atoms with Crippen LogP contribution in [-0.2, 0) is 4.74 Å². The van der Waals surface area contributed by atoms with E-state index >= 15 is 0 Å². The Labute approximate surface area is 107 Å². The Balaban J connectivity index is 0.00000196. The summed E-state index contributed by atoms with van der Waals surface area (Å²) in [6.45, 7) is 6.92. The van der Waals surface area contributed by atoms with Gasteiger partial charge in [0.25, 0.3) is 0 Å². The molecule has 0 unspecified atom stereocenters. The molecule has 0 spiro atoms. The lowest BCUT2D eigenvalue weighted by Crippen LogP contribution is -2.22. The largest absolute Gasteiger partial charge is 0.396 e. The molecule has 1 rings (SSSR count). The SMILES string of the molecule is Br.CCOCCN1CSC(CCO)=C1C. The van der Waals surface area contributed by atoms with Crippen LogP contribution in [0, 0.1) is 0 Å². The molecule has 1 heterocycles. The van der Waals surface area contributed by atoms with Crippen LogP contribution in [0.4, 0.5) is 0 Å². The average molecular weight is 298 g/mol. The molecule has 0 fully saturated rings. The van der Waals surface area contributed by atoms with Crippen molar-refractivity contribution >= 4 is 28.7 Å². The number of hydrogen-bond donors (Lipinski definition) is 1. The third-order valence-electron chi connectivity index (χ3n) is 2.32. The summed E-state index contributed by atoms with van der Waals surface area (Å²) >= 11 is 1.83. The highest BCUT2D eigenvalue weighted by Crippen LogP contribution is 2.33. The molecule has 1 aliphatic rings. The van der Waals surface area contributed by atoms with Crippen molar-refractivity contribution in [2.75, 3.05) is 32.2 Å². The van der Waals surface area contributed by atoms with Gasteiger partial charge in [-0.3, -0.25) is 0 Å². The van der Waals surface area contributed by atoms with Crippen LogP contribution in [0.3, 0.4) is 0 Å². The maximum atomic E-state index is 8.85. The van der Waals surface area contributed by atoms with Gasteiger partial charge in [0.15, 0.2) is 0 Å². The van der Waals surface area contributed by atoms with Gasteiger partial charge in [-0.2, -0.15) is 0 Å². The fourth-order valence-electron chi connectivity index (χ4n) is 1.44.